The molecule has 1 N–H and O–H groups in total. The average molecular weight is 245 g/mol. The number of carbonyl (C=O) groups is 1. The third-order valence-electron chi connectivity index (χ3n) is 3.34. The number of aliphatic carboxylic acids is 1. The zero-order valence-electron chi connectivity index (χ0n) is 10.7. The Morgan fingerprint density at radius 1 is 1.44 bits per heavy atom. The second kappa shape index (κ2) is 5.71. The van der Waals surface area contributed by atoms with Crippen LogP contribution in [0.4, 0.5) is 5.69 Å². The summed E-state index contributed by atoms with van der Waals surface area (Å²) in [4.78, 5) is 13.0. The summed E-state index contributed by atoms with van der Waals surface area (Å²) in [6.07, 6.45) is 5.37. The fourth-order valence-electron chi connectivity index (χ4n) is 2.49. The standard InChI is InChI=1S/C15H19NO2/c1-12-5-4-10-16(11-12)14-7-3-2-6-13(14)8-9-15(17)18/h2-3,6-9,12H,4-5,10-11H2,1H3,(H,17,18). The first kappa shape index (κ1) is 12.7. The molecule has 0 aliphatic carbocycles. The molecule has 1 aromatic rings. The smallest absolute Gasteiger partial charge is 0.328 e. The summed E-state index contributed by atoms with van der Waals surface area (Å²) in [7, 11) is 0. The number of para-hydroxylation sites is 1. The fraction of sp³-hybridized carbons (Fsp3) is 0.400. The summed E-state index contributed by atoms with van der Waals surface area (Å²) >= 11 is 0. The highest BCUT2D eigenvalue weighted by molar-refractivity contribution is 5.87. The Bertz CT molecular complexity index is 454. The summed E-state index contributed by atoms with van der Waals surface area (Å²) in [5.74, 6) is -0.202. The van der Waals surface area contributed by atoms with Gasteiger partial charge < -0.3 is 10.0 Å². The normalized spacial score (nSPS) is 20.3. The van der Waals surface area contributed by atoms with Crippen LogP contribution >= 0.6 is 0 Å². The third kappa shape index (κ3) is 3.13. The van der Waals surface area contributed by atoms with E-state index < -0.39 is 5.97 Å². The van der Waals surface area contributed by atoms with Crippen LogP contribution in [0.1, 0.15) is 25.3 Å². The zero-order valence-corrected chi connectivity index (χ0v) is 10.7. The van der Waals surface area contributed by atoms with Gasteiger partial charge in [0.25, 0.3) is 0 Å². The van der Waals surface area contributed by atoms with Crippen molar-refractivity contribution in [3.63, 3.8) is 0 Å². The maximum Gasteiger partial charge on any atom is 0.328 e. The Balaban J connectivity index is 2.23. The molecule has 1 atom stereocenters. The van der Waals surface area contributed by atoms with E-state index in [0.29, 0.717) is 5.92 Å². The van der Waals surface area contributed by atoms with Gasteiger partial charge in [-0.05, 0) is 36.5 Å². The first-order valence-electron chi connectivity index (χ1n) is 6.42. The van der Waals surface area contributed by atoms with Crippen LogP contribution in [0.5, 0.6) is 0 Å². The maximum atomic E-state index is 10.6. The molecule has 1 aliphatic rings. The molecule has 0 radical (unpaired) electrons. The molecule has 1 unspecified atom stereocenters. The Labute approximate surface area is 108 Å². The highest BCUT2D eigenvalue weighted by atomic mass is 16.4. The number of anilines is 1. The van der Waals surface area contributed by atoms with Crippen molar-refractivity contribution in [2.45, 2.75) is 19.8 Å². The van der Waals surface area contributed by atoms with Gasteiger partial charge in [-0.25, -0.2) is 4.79 Å². The number of hydrogen-bond donors (Lipinski definition) is 1. The second-order valence-electron chi connectivity index (χ2n) is 4.92. The lowest BCUT2D eigenvalue weighted by molar-refractivity contribution is -0.131. The number of hydrogen-bond acceptors (Lipinski definition) is 2. The van der Waals surface area contributed by atoms with Gasteiger partial charge in [-0.2, -0.15) is 0 Å². The van der Waals surface area contributed by atoms with E-state index in [0.717, 1.165) is 24.3 Å². The van der Waals surface area contributed by atoms with Crippen molar-refractivity contribution >= 4 is 17.7 Å². The summed E-state index contributed by atoms with van der Waals surface area (Å²) in [5, 5.41) is 8.72. The van der Waals surface area contributed by atoms with E-state index in [2.05, 4.69) is 17.9 Å². The lowest BCUT2D eigenvalue weighted by atomic mass is 9.99. The predicted molar refractivity (Wildman–Crippen MR) is 73.7 cm³/mol. The molecule has 0 saturated carbocycles. The monoisotopic (exact) mass is 245 g/mol. The number of nitrogens with zero attached hydrogens (tertiary/aromatic N) is 1. The topological polar surface area (TPSA) is 40.5 Å². The van der Waals surface area contributed by atoms with Gasteiger partial charge in [-0.3, -0.25) is 0 Å². The van der Waals surface area contributed by atoms with E-state index in [1.54, 1.807) is 6.08 Å². The Morgan fingerprint density at radius 2 is 2.22 bits per heavy atom. The molecule has 1 fully saturated rings. The van der Waals surface area contributed by atoms with Gasteiger partial charge in [0.1, 0.15) is 0 Å². The van der Waals surface area contributed by atoms with Crippen molar-refractivity contribution in [2.24, 2.45) is 5.92 Å². The van der Waals surface area contributed by atoms with Gasteiger partial charge >= 0.3 is 5.97 Å². The number of carboxylic acid groups (broad SMARTS) is 1. The van der Waals surface area contributed by atoms with E-state index >= 15 is 0 Å². The molecule has 1 aromatic carbocycles. The van der Waals surface area contributed by atoms with Crippen molar-refractivity contribution in [2.75, 3.05) is 18.0 Å². The molecule has 96 valence electrons. The molecule has 0 bridgehead atoms. The van der Waals surface area contributed by atoms with E-state index in [9.17, 15) is 4.79 Å². The fourth-order valence-corrected chi connectivity index (χ4v) is 2.49. The van der Waals surface area contributed by atoms with E-state index in [1.165, 1.54) is 18.9 Å². The molecule has 2 rings (SSSR count). The highest BCUT2D eigenvalue weighted by Crippen LogP contribution is 2.26. The minimum atomic E-state index is -0.906. The molecule has 3 heteroatoms. The van der Waals surface area contributed by atoms with Crippen LogP contribution in [-0.4, -0.2) is 24.2 Å². The van der Waals surface area contributed by atoms with Crippen LogP contribution in [0.25, 0.3) is 6.08 Å². The average Bonchev–Trinajstić information content (AvgIpc) is 2.36. The summed E-state index contributed by atoms with van der Waals surface area (Å²) in [5.41, 5.74) is 2.12. The first-order valence-corrected chi connectivity index (χ1v) is 6.42. The van der Waals surface area contributed by atoms with Crippen LogP contribution in [0, 0.1) is 5.92 Å². The largest absolute Gasteiger partial charge is 0.478 e. The summed E-state index contributed by atoms with van der Waals surface area (Å²) < 4.78 is 0. The molecule has 0 spiro atoms. The van der Waals surface area contributed by atoms with E-state index in [-0.39, 0.29) is 0 Å². The van der Waals surface area contributed by atoms with Crippen molar-refractivity contribution in [1.82, 2.24) is 0 Å². The number of rotatable bonds is 3. The maximum absolute atomic E-state index is 10.6. The van der Waals surface area contributed by atoms with Crippen molar-refractivity contribution in [3.05, 3.63) is 35.9 Å². The number of benzene rings is 1. The Morgan fingerprint density at radius 3 is 2.94 bits per heavy atom. The van der Waals surface area contributed by atoms with Crippen LogP contribution in [0.15, 0.2) is 30.3 Å². The van der Waals surface area contributed by atoms with Gasteiger partial charge in [0, 0.05) is 24.9 Å². The molecule has 0 amide bonds. The van der Waals surface area contributed by atoms with Gasteiger partial charge in [0.15, 0.2) is 0 Å². The molecule has 0 aromatic heterocycles. The third-order valence-corrected chi connectivity index (χ3v) is 3.34. The summed E-state index contributed by atoms with van der Waals surface area (Å²) in [6, 6.07) is 7.98. The van der Waals surface area contributed by atoms with Gasteiger partial charge in [0.05, 0.1) is 0 Å². The van der Waals surface area contributed by atoms with Gasteiger partial charge in [-0.15, -0.1) is 0 Å². The van der Waals surface area contributed by atoms with Crippen molar-refractivity contribution < 1.29 is 9.90 Å². The minimum Gasteiger partial charge on any atom is -0.478 e. The van der Waals surface area contributed by atoms with Crippen LogP contribution in [0.2, 0.25) is 0 Å². The molecule has 18 heavy (non-hydrogen) atoms. The summed E-state index contributed by atoms with van der Waals surface area (Å²) in [6.45, 7) is 4.38. The van der Waals surface area contributed by atoms with Crippen LogP contribution < -0.4 is 4.90 Å². The van der Waals surface area contributed by atoms with Crippen molar-refractivity contribution in [1.29, 1.82) is 0 Å². The minimum absolute atomic E-state index is 0.704. The Hall–Kier alpha value is -1.77. The molecule has 1 aliphatic heterocycles. The second-order valence-corrected chi connectivity index (χ2v) is 4.92. The molecule has 1 heterocycles. The van der Waals surface area contributed by atoms with Crippen LogP contribution in [-0.2, 0) is 4.79 Å². The quantitative estimate of drug-likeness (QED) is 0.832. The number of piperidine rings is 1. The molecule has 3 nitrogen and oxygen atoms in total. The number of carboxylic acids is 1. The van der Waals surface area contributed by atoms with Crippen molar-refractivity contribution in [3.8, 4) is 0 Å². The predicted octanol–water partition coefficient (Wildman–Crippen LogP) is 3.02. The van der Waals surface area contributed by atoms with Gasteiger partial charge in [-0.1, -0.05) is 25.1 Å². The molecular weight excluding hydrogens is 226 g/mol. The van der Waals surface area contributed by atoms with Crippen LogP contribution in [0.3, 0.4) is 0 Å². The van der Waals surface area contributed by atoms with E-state index in [1.807, 2.05) is 18.2 Å². The van der Waals surface area contributed by atoms with Gasteiger partial charge in [0.2, 0.25) is 0 Å². The lowest BCUT2D eigenvalue weighted by Gasteiger charge is -2.33. The first-order chi connectivity index (χ1) is 8.66. The molecule has 1 saturated heterocycles. The SMILES string of the molecule is CC1CCCN(c2ccccc2C=CC(=O)O)C1. The lowest BCUT2D eigenvalue weighted by Crippen LogP contribution is -2.34. The zero-order chi connectivity index (χ0) is 13.0. The van der Waals surface area contributed by atoms with E-state index in [4.69, 9.17) is 5.11 Å². The highest BCUT2D eigenvalue weighted by Gasteiger charge is 2.17. The molecular formula is C15H19NO2. The Kier molecular flexibility index (Phi) is 4.03.